The molecule has 0 spiro atoms. The van der Waals surface area contributed by atoms with Gasteiger partial charge in [0.1, 0.15) is 0 Å². The van der Waals surface area contributed by atoms with Gasteiger partial charge in [-0.1, -0.05) is 51.2 Å². The monoisotopic (exact) mass is 287 g/mol. The number of para-hydroxylation sites is 2. The Morgan fingerprint density at radius 1 is 0.952 bits per heavy atom. The fourth-order valence-electron chi connectivity index (χ4n) is 2.72. The summed E-state index contributed by atoms with van der Waals surface area (Å²) in [5.74, 6) is 0. The van der Waals surface area contributed by atoms with E-state index in [-0.39, 0.29) is 0 Å². The van der Waals surface area contributed by atoms with Gasteiger partial charge in [-0.2, -0.15) is 0 Å². The summed E-state index contributed by atoms with van der Waals surface area (Å²) in [6.45, 7) is 5.58. The lowest BCUT2D eigenvalue weighted by Crippen LogP contribution is -2.18. The second-order valence-corrected chi connectivity index (χ2v) is 5.80. The van der Waals surface area contributed by atoms with Gasteiger partial charge in [-0.3, -0.25) is 0 Å². The van der Waals surface area contributed by atoms with Crippen LogP contribution in [0.1, 0.15) is 51.9 Å². The summed E-state index contributed by atoms with van der Waals surface area (Å²) in [7, 11) is 0. The maximum Gasteiger partial charge on any atom is 0.0958 e. The van der Waals surface area contributed by atoms with Crippen molar-refractivity contribution in [3.05, 3.63) is 30.6 Å². The summed E-state index contributed by atoms with van der Waals surface area (Å²) in [5, 5.41) is 3.55. The summed E-state index contributed by atoms with van der Waals surface area (Å²) in [6.07, 6.45) is 11.3. The largest absolute Gasteiger partial charge is 0.331 e. The first-order chi connectivity index (χ1) is 10.4. The molecule has 1 N–H and O–H groups in total. The van der Waals surface area contributed by atoms with E-state index >= 15 is 0 Å². The average molecular weight is 287 g/mol. The number of rotatable bonds is 11. The maximum absolute atomic E-state index is 4.43. The summed E-state index contributed by atoms with van der Waals surface area (Å²) in [6, 6.07) is 8.34. The highest BCUT2D eigenvalue weighted by Crippen LogP contribution is 2.11. The first kappa shape index (κ1) is 16.0. The Bertz CT molecular complexity index is 504. The van der Waals surface area contributed by atoms with E-state index in [1.807, 2.05) is 12.4 Å². The topological polar surface area (TPSA) is 29.9 Å². The quantitative estimate of drug-likeness (QED) is 0.622. The summed E-state index contributed by atoms with van der Waals surface area (Å²) in [4.78, 5) is 4.43. The molecule has 0 amide bonds. The van der Waals surface area contributed by atoms with Crippen LogP contribution < -0.4 is 5.32 Å². The van der Waals surface area contributed by atoms with Gasteiger partial charge < -0.3 is 9.88 Å². The highest BCUT2D eigenvalue weighted by molar-refractivity contribution is 5.74. The van der Waals surface area contributed by atoms with Crippen molar-refractivity contribution < 1.29 is 0 Å². The zero-order chi connectivity index (χ0) is 14.8. The fourth-order valence-corrected chi connectivity index (χ4v) is 2.72. The predicted molar refractivity (Wildman–Crippen MR) is 90.6 cm³/mol. The minimum atomic E-state index is 1.05. The second-order valence-electron chi connectivity index (χ2n) is 5.80. The van der Waals surface area contributed by atoms with Crippen LogP contribution in [-0.2, 0) is 6.54 Å². The Morgan fingerprint density at radius 3 is 2.62 bits per heavy atom. The van der Waals surface area contributed by atoms with Crippen LogP contribution in [0, 0.1) is 0 Å². The molecule has 0 radical (unpaired) electrons. The van der Waals surface area contributed by atoms with Gasteiger partial charge in [-0.25, -0.2) is 4.98 Å². The van der Waals surface area contributed by atoms with E-state index in [1.54, 1.807) is 0 Å². The van der Waals surface area contributed by atoms with E-state index in [0.29, 0.717) is 0 Å². The number of unbranched alkanes of at least 4 members (excludes halogenated alkanes) is 5. The van der Waals surface area contributed by atoms with Gasteiger partial charge >= 0.3 is 0 Å². The Morgan fingerprint density at radius 2 is 1.71 bits per heavy atom. The van der Waals surface area contributed by atoms with Gasteiger partial charge in [-0.15, -0.1) is 0 Å². The number of aromatic nitrogens is 2. The highest BCUT2D eigenvalue weighted by Gasteiger charge is 2.00. The third-order valence-corrected chi connectivity index (χ3v) is 3.99. The minimum absolute atomic E-state index is 1.05. The molecular formula is C18H29N3. The molecule has 2 rings (SSSR count). The molecule has 0 unspecified atom stereocenters. The van der Waals surface area contributed by atoms with E-state index in [9.17, 15) is 0 Å². The van der Waals surface area contributed by atoms with Crippen LogP contribution in [-0.4, -0.2) is 22.6 Å². The molecule has 0 aliphatic carbocycles. The van der Waals surface area contributed by atoms with Crippen molar-refractivity contribution in [2.75, 3.05) is 13.1 Å². The van der Waals surface area contributed by atoms with Crippen LogP contribution in [0.15, 0.2) is 30.6 Å². The van der Waals surface area contributed by atoms with Gasteiger partial charge in [0.15, 0.2) is 0 Å². The first-order valence-electron chi connectivity index (χ1n) is 8.52. The summed E-state index contributed by atoms with van der Waals surface area (Å²) < 4.78 is 2.25. The molecule has 0 fully saturated rings. The fraction of sp³-hybridized carbons (Fsp3) is 0.611. The molecule has 3 nitrogen and oxygen atoms in total. The minimum Gasteiger partial charge on any atom is -0.331 e. The lowest BCUT2D eigenvalue weighted by molar-refractivity contribution is 0.547. The van der Waals surface area contributed by atoms with Gasteiger partial charge in [-0.05, 0) is 38.1 Å². The van der Waals surface area contributed by atoms with Crippen LogP contribution in [0.4, 0.5) is 0 Å². The number of nitrogens with one attached hydrogen (secondary N) is 1. The van der Waals surface area contributed by atoms with Crippen LogP contribution in [0.3, 0.4) is 0 Å². The number of imidazole rings is 1. The molecule has 1 aromatic carbocycles. The number of benzene rings is 1. The Kier molecular flexibility index (Phi) is 7.30. The summed E-state index contributed by atoms with van der Waals surface area (Å²) in [5.41, 5.74) is 2.34. The first-order valence-corrected chi connectivity index (χ1v) is 8.52. The molecule has 1 heterocycles. The van der Waals surface area contributed by atoms with E-state index in [1.165, 1.54) is 44.0 Å². The predicted octanol–water partition coefficient (Wildman–Crippen LogP) is 4.38. The van der Waals surface area contributed by atoms with Crippen LogP contribution >= 0.6 is 0 Å². The Balaban J connectivity index is 1.52. The standard InChI is InChI=1S/C18H29N3/c1-2-3-4-5-6-9-13-19-14-10-15-21-16-20-17-11-7-8-12-18(17)21/h7-8,11-12,16,19H,2-6,9-10,13-15H2,1H3. The molecule has 116 valence electrons. The van der Waals surface area contributed by atoms with E-state index in [0.717, 1.165) is 31.6 Å². The molecule has 0 saturated carbocycles. The number of hydrogen-bond acceptors (Lipinski definition) is 2. The van der Waals surface area contributed by atoms with Gasteiger partial charge in [0.2, 0.25) is 0 Å². The van der Waals surface area contributed by atoms with E-state index in [2.05, 4.69) is 40.0 Å². The van der Waals surface area contributed by atoms with Crippen molar-refractivity contribution >= 4 is 11.0 Å². The maximum atomic E-state index is 4.43. The molecule has 0 aliphatic heterocycles. The Hall–Kier alpha value is -1.35. The number of aryl methyl sites for hydroxylation is 1. The molecule has 0 atom stereocenters. The van der Waals surface area contributed by atoms with Crippen molar-refractivity contribution in [1.29, 1.82) is 0 Å². The van der Waals surface area contributed by atoms with E-state index < -0.39 is 0 Å². The molecule has 3 heteroatoms. The summed E-state index contributed by atoms with van der Waals surface area (Å²) >= 11 is 0. The van der Waals surface area contributed by atoms with Crippen LogP contribution in [0.25, 0.3) is 11.0 Å². The van der Waals surface area contributed by atoms with Crippen molar-refractivity contribution in [1.82, 2.24) is 14.9 Å². The molecule has 21 heavy (non-hydrogen) atoms. The molecule has 1 aromatic heterocycles. The van der Waals surface area contributed by atoms with E-state index in [4.69, 9.17) is 0 Å². The van der Waals surface area contributed by atoms with Crippen molar-refractivity contribution in [3.63, 3.8) is 0 Å². The SMILES string of the molecule is CCCCCCCCNCCCn1cnc2ccccc21. The zero-order valence-electron chi connectivity index (χ0n) is 13.4. The second kappa shape index (κ2) is 9.56. The van der Waals surface area contributed by atoms with Crippen LogP contribution in [0.2, 0.25) is 0 Å². The molecule has 2 aromatic rings. The highest BCUT2D eigenvalue weighted by atomic mass is 15.0. The molecular weight excluding hydrogens is 258 g/mol. The average Bonchev–Trinajstić information content (AvgIpc) is 2.92. The molecule has 0 aliphatic rings. The van der Waals surface area contributed by atoms with Crippen molar-refractivity contribution in [2.24, 2.45) is 0 Å². The van der Waals surface area contributed by atoms with Crippen LogP contribution in [0.5, 0.6) is 0 Å². The third-order valence-electron chi connectivity index (χ3n) is 3.99. The molecule has 0 saturated heterocycles. The zero-order valence-corrected chi connectivity index (χ0v) is 13.4. The van der Waals surface area contributed by atoms with Gasteiger partial charge in [0.05, 0.1) is 17.4 Å². The Labute approximate surface area is 128 Å². The lowest BCUT2D eigenvalue weighted by Gasteiger charge is -2.06. The number of fused-ring (bicyclic) bond motifs is 1. The number of nitrogens with zero attached hydrogens (tertiary/aromatic N) is 2. The lowest BCUT2D eigenvalue weighted by atomic mass is 10.1. The van der Waals surface area contributed by atoms with Crippen molar-refractivity contribution in [3.8, 4) is 0 Å². The van der Waals surface area contributed by atoms with Crippen molar-refractivity contribution in [2.45, 2.75) is 58.4 Å². The van der Waals surface area contributed by atoms with Gasteiger partial charge in [0, 0.05) is 6.54 Å². The molecule has 0 bridgehead atoms. The van der Waals surface area contributed by atoms with Gasteiger partial charge in [0.25, 0.3) is 0 Å². The normalized spacial score (nSPS) is 11.3. The number of hydrogen-bond donors (Lipinski definition) is 1. The smallest absolute Gasteiger partial charge is 0.0958 e. The third kappa shape index (κ3) is 5.50.